The van der Waals surface area contributed by atoms with Gasteiger partial charge in [-0.05, 0) is 25.9 Å². The molecule has 0 unspecified atom stereocenters. The van der Waals surface area contributed by atoms with Crippen LogP contribution in [0.1, 0.15) is 19.3 Å². The quantitative estimate of drug-likeness (QED) is 0.544. The van der Waals surface area contributed by atoms with E-state index in [1.807, 2.05) is 0 Å². The fourth-order valence-electron chi connectivity index (χ4n) is 0.802. The van der Waals surface area contributed by atoms with Crippen molar-refractivity contribution in [3.05, 3.63) is 0 Å². The first-order chi connectivity index (χ1) is 3.00. The maximum Gasteiger partial charge on any atom is 0 e. The van der Waals surface area contributed by atoms with Crippen molar-refractivity contribution in [1.29, 1.82) is 0 Å². The summed E-state index contributed by atoms with van der Waals surface area (Å²) in [6.07, 6.45) is 4.22. The first kappa shape index (κ1) is 7.65. The number of rotatable bonds is 0. The van der Waals surface area contributed by atoms with E-state index in [1.54, 1.807) is 0 Å². The van der Waals surface area contributed by atoms with E-state index in [1.165, 1.54) is 32.4 Å². The molecule has 0 radical (unpaired) electrons. The Balaban J connectivity index is 0.000000360. The maximum atomic E-state index is 3.28. The summed E-state index contributed by atoms with van der Waals surface area (Å²) >= 11 is 0. The van der Waals surface area contributed by atoms with Crippen LogP contribution in [0.3, 0.4) is 0 Å². The Morgan fingerprint density at radius 1 is 0.857 bits per heavy atom. The molecule has 0 aliphatic carbocycles. The number of nitrogens with one attached hydrogen (secondary N) is 1. The van der Waals surface area contributed by atoms with Crippen molar-refractivity contribution in [1.82, 2.24) is 5.32 Å². The number of hydrogen-bond acceptors (Lipinski definition) is 1. The van der Waals surface area contributed by atoms with Crippen molar-refractivity contribution in [3.8, 4) is 0 Å². The van der Waals surface area contributed by atoms with Crippen LogP contribution in [0.25, 0.3) is 0 Å². The van der Waals surface area contributed by atoms with Gasteiger partial charge in [0.2, 0.25) is 0 Å². The molecule has 0 bridgehead atoms. The van der Waals surface area contributed by atoms with E-state index in [-0.39, 0.29) is 21.1 Å². The van der Waals surface area contributed by atoms with E-state index in [0.29, 0.717) is 0 Å². The molecule has 0 aromatic carbocycles. The first-order valence-corrected chi connectivity index (χ1v) is 2.71. The summed E-state index contributed by atoms with van der Waals surface area (Å²) in [4.78, 5) is 0. The summed E-state index contributed by atoms with van der Waals surface area (Å²) in [5.41, 5.74) is 0. The number of hydrogen-bond donors (Lipinski definition) is 1. The first-order valence-electron chi connectivity index (χ1n) is 2.71. The van der Waals surface area contributed by atoms with Gasteiger partial charge in [0.25, 0.3) is 0 Å². The molecular formula is C5H11MoN. The molecule has 0 amide bonds. The zero-order valence-corrected chi connectivity index (χ0v) is 6.45. The summed E-state index contributed by atoms with van der Waals surface area (Å²) in [6.45, 7) is 2.50. The largest absolute Gasteiger partial charge is 0.317 e. The third-order valence-electron chi connectivity index (χ3n) is 1.21. The zero-order valence-electron chi connectivity index (χ0n) is 4.44. The maximum absolute atomic E-state index is 3.28. The zero-order chi connectivity index (χ0) is 4.24. The van der Waals surface area contributed by atoms with Crippen molar-refractivity contribution < 1.29 is 21.1 Å². The second-order valence-electron chi connectivity index (χ2n) is 1.81. The summed E-state index contributed by atoms with van der Waals surface area (Å²) in [6, 6.07) is 0. The number of piperidine rings is 1. The van der Waals surface area contributed by atoms with Gasteiger partial charge in [0, 0.05) is 21.1 Å². The van der Waals surface area contributed by atoms with E-state index >= 15 is 0 Å². The minimum Gasteiger partial charge on any atom is -0.317 e. The van der Waals surface area contributed by atoms with Crippen molar-refractivity contribution in [3.63, 3.8) is 0 Å². The van der Waals surface area contributed by atoms with Crippen molar-refractivity contribution in [2.24, 2.45) is 0 Å². The van der Waals surface area contributed by atoms with Gasteiger partial charge in [-0.1, -0.05) is 6.42 Å². The topological polar surface area (TPSA) is 12.0 Å². The van der Waals surface area contributed by atoms with Gasteiger partial charge in [-0.15, -0.1) is 0 Å². The molecule has 0 atom stereocenters. The van der Waals surface area contributed by atoms with Gasteiger partial charge in [-0.25, -0.2) is 0 Å². The van der Waals surface area contributed by atoms with E-state index in [9.17, 15) is 0 Å². The Labute approximate surface area is 59.1 Å². The molecule has 0 saturated carbocycles. The van der Waals surface area contributed by atoms with Crippen LogP contribution in [0.5, 0.6) is 0 Å². The normalized spacial score (nSPS) is 20.6. The molecular weight excluding hydrogens is 170 g/mol. The molecule has 1 rings (SSSR count). The molecule has 42 valence electrons. The Bertz CT molecular complexity index is 23.6. The molecule has 1 heterocycles. The smallest absolute Gasteiger partial charge is 0 e. The summed E-state index contributed by atoms with van der Waals surface area (Å²) in [7, 11) is 0. The molecule has 0 spiro atoms. The van der Waals surface area contributed by atoms with Gasteiger partial charge in [0.15, 0.2) is 0 Å². The van der Waals surface area contributed by atoms with E-state index in [0.717, 1.165) is 0 Å². The average molecular weight is 181 g/mol. The van der Waals surface area contributed by atoms with Crippen LogP contribution in [0.2, 0.25) is 0 Å². The van der Waals surface area contributed by atoms with Crippen LogP contribution in [-0.2, 0) is 21.1 Å². The predicted octanol–water partition coefficient (Wildman–Crippen LogP) is 0.757. The summed E-state index contributed by atoms with van der Waals surface area (Å²) in [5.74, 6) is 0. The van der Waals surface area contributed by atoms with E-state index in [2.05, 4.69) is 5.32 Å². The van der Waals surface area contributed by atoms with Gasteiger partial charge in [0.05, 0.1) is 0 Å². The fraction of sp³-hybridized carbons (Fsp3) is 1.00. The fourth-order valence-corrected chi connectivity index (χ4v) is 0.802. The third-order valence-corrected chi connectivity index (χ3v) is 1.21. The average Bonchev–Trinajstić information content (AvgIpc) is 1.72. The van der Waals surface area contributed by atoms with E-state index < -0.39 is 0 Å². The molecule has 1 nitrogen and oxygen atoms in total. The minimum atomic E-state index is 0. The van der Waals surface area contributed by atoms with Crippen molar-refractivity contribution >= 4 is 0 Å². The molecule has 1 saturated heterocycles. The van der Waals surface area contributed by atoms with Gasteiger partial charge in [-0.3, -0.25) is 0 Å². The van der Waals surface area contributed by atoms with Crippen LogP contribution in [0.4, 0.5) is 0 Å². The Morgan fingerprint density at radius 2 is 1.43 bits per heavy atom. The molecule has 7 heavy (non-hydrogen) atoms. The Hall–Kier alpha value is 0.648. The molecule has 0 aromatic heterocycles. The van der Waals surface area contributed by atoms with Crippen molar-refractivity contribution in [2.45, 2.75) is 19.3 Å². The molecule has 1 aliphatic rings. The molecule has 2 heteroatoms. The van der Waals surface area contributed by atoms with Gasteiger partial charge >= 0.3 is 0 Å². The summed E-state index contributed by atoms with van der Waals surface area (Å²) < 4.78 is 0. The van der Waals surface area contributed by atoms with Crippen molar-refractivity contribution in [2.75, 3.05) is 13.1 Å². The Kier molecular flexibility index (Phi) is 5.24. The van der Waals surface area contributed by atoms with Crippen LogP contribution in [-0.4, -0.2) is 13.1 Å². The monoisotopic (exact) mass is 183 g/mol. The molecule has 1 N–H and O–H groups in total. The van der Waals surface area contributed by atoms with Crippen LogP contribution < -0.4 is 5.32 Å². The molecule has 0 aromatic rings. The summed E-state index contributed by atoms with van der Waals surface area (Å²) in [5, 5.41) is 3.28. The van der Waals surface area contributed by atoms with Gasteiger partial charge in [-0.2, -0.15) is 0 Å². The van der Waals surface area contributed by atoms with Gasteiger partial charge in [0.1, 0.15) is 0 Å². The standard InChI is InChI=1S/C5H11N.Mo/c1-2-4-6-5-3-1;/h6H,1-5H2;. The van der Waals surface area contributed by atoms with Crippen LogP contribution in [0, 0.1) is 0 Å². The van der Waals surface area contributed by atoms with Crippen LogP contribution in [0.15, 0.2) is 0 Å². The van der Waals surface area contributed by atoms with Crippen LogP contribution >= 0.6 is 0 Å². The third kappa shape index (κ3) is 3.25. The Morgan fingerprint density at radius 3 is 1.57 bits per heavy atom. The molecule has 1 aliphatic heterocycles. The van der Waals surface area contributed by atoms with Gasteiger partial charge < -0.3 is 5.32 Å². The molecule has 1 fully saturated rings. The second-order valence-corrected chi connectivity index (χ2v) is 1.81. The van der Waals surface area contributed by atoms with E-state index in [4.69, 9.17) is 0 Å². The predicted molar refractivity (Wildman–Crippen MR) is 26.7 cm³/mol. The second kappa shape index (κ2) is 4.80. The minimum absolute atomic E-state index is 0. The SMILES string of the molecule is C1CCNCC1.[Mo].